The second-order valence-corrected chi connectivity index (χ2v) is 8.57. The number of hydrogen-bond acceptors (Lipinski definition) is 2. The van der Waals surface area contributed by atoms with E-state index in [1.54, 1.807) is 6.92 Å². The van der Waals surface area contributed by atoms with Crippen molar-refractivity contribution in [3.63, 3.8) is 0 Å². The average molecular weight is 433 g/mol. The maximum Gasteiger partial charge on any atom is 0.150 e. The number of sulfone groups is 1. The highest BCUT2D eigenvalue weighted by Crippen LogP contribution is 2.33. The summed E-state index contributed by atoms with van der Waals surface area (Å²) in [6, 6.07) is 7.60. The molecule has 0 spiro atoms. The molecule has 1 rings (SSSR count). The first kappa shape index (κ1) is 17.5. The van der Waals surface area contributed by atoms with Gasteiger partial charge in [0.2, 0.25) is 0 Å². The SMILES string of the molecule is CCS(=O)(=O)CCC(CBr)(CBr)c1ccc(Cl)cc1. The summed E-state index contributed by atoms with van der Waals surface area (Å²) in [6.07, 6.45) is 0.585. The van der Waals surface area contributed by atoms with E-state index in [-0.39, 0.29) is 16.9 Å². The van der Waals surface area contributed by atoms with Crippen molar-refractivity contribution in [1.82, 2.24) is 0 Å². The Morgan fingerprint density at radius 2 is 1.68 bits per heavy atom. The van der Waals surface area contributed by atoms with Crippen LogP contribution >= 0.6 is 43.5 Å². The smallest absolute Gasteiger partial charge is 0.150 e. The Hall–Kier alpha value is 0.420. The molecule has 19 heavy (non-hydrogen) atoms. The quantitative estimate of drug-likeness (QED) is 0.606. The van der Waals surface area contributed by atoms with Crippen molar-refractivity contribution in [2.45, 2.75) is 18.8 Å². The van der Waals surface area contributed by atoms with Gasteiger partial charge in [0, 0.05) is 26.9 Å². The summed E-state index contributed by atoms with van der Waals surface area (Å²) in [5.41, 5.74) is 0.865. The molecule has 0 bridgehead atoms. The van der Waals surface area contributed by atoms with Crippen LogP contribution in [0, 0.1) is 0 Å². The molecule has 0 heterocycles. The molecule has 0 saturated heterocycles. The maximum atomic E-state index is 11.7. The minimum absolute atomic E-state index is 0.189. The highest BCUT2D eigenvalue weighted by molar-refractivity contribution is 9.09. The zero-order valence-electron chi connectivity index (χ0n) is 10.7. The van der Waals surface area contributed by atoms with E-state index >= 15 is 0 Å². The summed E-state index contributed by atoms with van der Waals surface area (Å²) >= 11 is 12.9. The van der Waals surface area contributed by atoms with Crippen LogP contribution in [-0.2, 0) is 15.3 Å². The molecule has 1 aromatic carbocycles. The third-order valence-electron chi connectivity index (χ3n) is 3.30. The van der Waals surface area contributed by atoms with Crippen LogP contribution < -0.4 is 0 Å². The Balaban J connectivity index is 3.00. The van der Waals surface area contributed by atoms with Crippen molar-refractivity contribution >= 4 is 53.3 Å². The fourth-order valence-corrected chi connectivity index (χ4v) is 5.02. The largest absolute Gasteiger partial charge is 0.229 e. The van der Waals surface area contributed by atoms with E-state index in [9.17, 15) is 8.42 Å². The number of alkyl halides is 2. The molecule has 0 aliphatic rings. The number of halogens is 3. The molecule has 0 amide bonds. The lowest BCUT2D eigenvalue weighted by Crippen LogP contribution is -2.33. The predicted molar refractivity (Wildman–Crippen MR) is 89.7 cm³/mol. The normalized spacial score (nSPS) is 12.6. The lowest BCUT2D eigenvalue weighted by atomic mass is 9.82. The van der Waals surface area contributed by atoms with Gasteiger partial charge in [-0.15, -0.1) is 0 Å². The first-order valence-corrected chi connectivity index (χ1v) is 10.4. The van der Waals surface area contributed by atoms with Gasteiger partial charge < -0.3 is 0 Å². The van der Waals surface area contributed by atoms with Crippen LogP contribution in [0.1, 0.15) is 18.9 Å². The molecule has 0 saturated carbocycles. The predicted octanol–water partition coefficient (Wildman–Crippen LogP) is 4.19. The summed E-state index contributed by atoms with van der Waals surface area (Å²) in [6.45, 7) is 1.68. The molecule has 6 heteroatoms. The fraction of sp³-hybridized carbons (Fsp3) is 0.538. The lowest BCUT2D eigenvalue weighted by Gasteiger charge is -2.30. The van der Waals surface area contributed by atoms with Crippen LogP contribution in [-0.4, -0.2) is 30.6 Å². The average Bonchev–Trinajstić information content (AvgIpc) is 2.42. The minimum Gasteiger partial charge on any atom is -0.229 e. The second-order valence-electron chi connectivity index (χ2n) is 4.54. The van der Waals surface area contributed by atoms with Gasteiger partial charge in [0.15, 0.2) is 0 Å². The number of benzene rings is 1. The molecule has 0 aliphatic carbocycles. The summed E-state index contributed by atoms with van der Waals surface area (Å²) < 4.78 is 23.4. The maximum absolute atomic E-state index is 11.7. The van der Waals surface area contributed by atoms with E-state index in [1.807, 2.05) is 24.3 Å². The van der Waals surface area contributed by atoms with Gasteiger partial charge in [-0.3, -0.25) is 0 Å². The fourth-order valence-electron chi connectivity index (χ4n) is 1.77. The Kier molecular flexibility index (Phi) is 6.84. The number of hydrogen-bond donors (Lipinski definition) is 0. The molecule has 0 atom stereocenters. The van der Waals surface area contributed by atoms with Gasteiger partial charge in [-0.1, -0.05) is 62.5 Å². The zero-order chi connectivity index (χ0) is 14.5. The molecule has 0 fully saturated rings. The van der Waals surface area contributed by atoms with Gasteiger partial charge in [-0.2, -0.15) is 0 Å². The summed E-state index contributed by atoms with van der Waals surface area (Å²) in [5, 5.41) is 2.08. The van der Waals surface area contributed by atoms with Crippen molar-refractivity contribution in [3.05, 3.63) is 34.9 Å². The summed E-state index contributed by atoms with van der Waals surface area (Å²) in [7, 11) is -2.96. The van der Waals surface area contributed by atoms with Crippen molar-refractivity contribution in [2.24, 2.45) is 0 Å². The molecule has 2 nitrogen and oxygen atoms in total. The molecule has 1 aromatic rings. The minimum atomic E-state index is -2.96. The van der Waals surface area contributed by atoms with E-state index in [4.69, 9.17) is 11.6 Å². The van der Waals surface area contributed by atoms with Gasteiger partial charge in [0.1, 0.15) is 9.84 Å². The van der Waals surface area contributed by atoms with Crippen LogP contribution in [0.2, 0.25) is 5.02 Å². The van der Waals surface area contributed by atoms with Crippen molar-refractivity contribution in [1.29, 1.82) is 0 Å². The van der Waals surface area contributed by atoms with Crippen molar-refractivity contribution in [3.8, 4) is 0 Å². The van der Waals surface area contributed by atoms with E-state index in [0.29, 0.717) is 22.1 Å². The molecular weight excluding hydrogens is 415 g/mol. The van der Waals surface area contributed by atoms with E-state index < -0.39 is 9.84 Å². The molecule has 0 aliphatic heterocycles. The summed E-state index contributed by atoms with van der Waals surface area (Å²) in [4.78, 5) is 0. The van der Waals surface area contributed by atoms with Crippen LogP contribution in [0.5, 0.6) is 0 Å². The second kappa shape index (κ2) is 7.43. The Bertz CT molecular complexity index is 496. The van der Waals surface area contributed by atoms with Crippen LogP contribution in [0.15, 0.2) is 24.3 Å². The van der Waals surface area contributed by atoms with Gasteiger partial charge in [0.25, 0.3) is 0 Å². The van der Waals surface area contributed by atoms with Crippen LogP contribution in [0.4, 0.5) is 0 Å². The summed E-state index contributed by atoms with van der Waals surface area (Å²) in [5.74, 6) is 0.387. The molecule has 108 valence electrons. The van der Waals surface area contributed by atoms with Crippen molar-refractivity contribution in [2.75, 3.05) is 22.2 Å². The van der Waals surface area contributed by atoms with Gasteiger partial charge in [-0.05, 0) is 24.1 Å². The van der Waals surface area contributed by atoms with Gasteiger partial charge in [-0.25, -0.2) is 8.42 Å². The first-order valence-electron chi connectivity index (χ1n) is 5.97. The highest BCUT2D eigenvalue weighted by Gasteiger charge is 2.31. The molecule has 0 N–H and O–H groups in total. The van der Waals surface area contributed by atoms with Gasteiger partial charge >= 0.3 is 0 Å². The van der Waals surface area contributed by atoms with E-state index in [1.165, 1.54) is 0 Å². The van der Waals surface area contributed by atoms with E-state index in [0.717, 1.165) is 5.56 Å². The lowest BCUT2D eigenvalue weighted by molar-refractivity contribution is 0.523. The van der Waals surface area contributed by atoms with Gasteiger partial charge in [0.05, 0.1) is 5.75 Å². The highest BCUT2D eigenvalue weighted by atomic mass is 79.9. The third-order valence-corrected chi connectivity index (χ3v) is 7.40. The third kappa shape index (κ3) is 4.73. The monoisotopic (exact) mass is 430 g/mol. The molecule has 0 aromatic heterocycles. The first-order chi connectivity index (χ1) is 8.89. The Morgan fingerprint density at radius 3 is 2.11 bits per heavy atom. The van der Waals surface area contributed by atoms with Crippen molar-refractivity contribution < 1.29 is 8.42 Å². The number of rotatable bonds is 7. The molecule has 0 radical (unpaired) electrons. The van der Waals surface area contributed by atoms with E-state index in [2.05, 4.69) is 31.9 Å². The Labute approximate surface area is 137 Å². The molecular formula is C13H17Br2ClO2S. The zero-order valence-corrected chi connectivity index (χ0v) is 15.4. The van der Waals surface area contributed by atoms with Crippen LogP contribution in [0.25, 0.3) is 0 Å². The van der Waals surface area contributed by atoms with Crippen LogP contribution in [0.3, 0.4) is 0 Å². The standard InChI is InChI=1S/C13H17Br2ClO2S/c1-2-19(17,18)8-7-13(9-14,10-15)11-3-5-12(16)6-4-11/h3-6H,2,7-10H2,1H3. The molecule has 0 unspecified atom stereocenters. The topological polar surface area (TPSA) is 34.1 Å². The Morgan fingerprint density at radius 1 is 1.16 bits per heavy atom.